The van der Waals surface area contributed by atoms with Crippen LogP contribution in [0.1, 0.15) is 44.8 Å². The van der Waals surface area contributed by atoms with Gasteiger partial charge in [-0.15, -0.1) is 0 Å². The van der Waals surface area contributed by atoms with Crippen LogP contribution in [0.2, 0.25) is 0 Å². The molecule has 1 saturated carbocycles. The van der Waals surface area contributed by atoms with Crippen LogP contribution in [0.5, 0.6) is 0 Å². The lowest BCUT2D eigenvalue weighted by molar-refractivity contribution is 0.411. The SMILES string of the molecule is CCC1(CNC(C)c2cnccn2)CC1. The van der Waals surface area contributed by atoms with Gasteiger partial charge in [0.25, 0.3) is 0 Å². The van der Waals surface area contributed by atoms with Gasteiger partial charge in [-0.1, -0.05) is 6.92 Å². The molecule has 1 N–H and O–H groups in total. The highest BCUT2D eigenvalue weighted by atomic mass is 15.0. The molecule has 1 heterocycles. The van der Waals surface area contributed by atoms with E-state index >= 15 is 0 Å². The first-order valence-corrected chi connectivity index (χ1v) is 5.75. The number of aromatic nitrogens is 2. The molecule has 0 amide bonds. The summed E-state index contributed by atoms with van der Waals surface area (Å²) in [6.45, 7) is 5.54. The number of nitrogens with zero attached hydrogens (tertiary/aromatic N) is 2. The van der Waals surface area contributed by atoms with Gasteiger partial charge in [0.05, 0.1) is 5.69 Å². The van der Waals surface area contributed by atoms with Crippen molar-refractivity contribution in [2.75, 3.05) is 6.54 Å². The molecule has 1 fully saturated rings. The molecule has 1 aliphatic carbocycles. The van der Waals surface area contributed by atoms with Gasteiger partial charge < -0.3 is 5.32 Å². The Morgan fingerprint density at radius 2 is 2.27 bits per heavy atom. The van der Waals surface area contributed by atoms with E-state index in [2.05, 4.69) is 29.1 Å². The standard InChI is InChI=1S/C12H19N3/c1-3-12(4-5-12)9-15-10(2)11-8-13-6-7-14-11/h6-8,10,15H,3-5,9H2,1-2H3. The lowest BCUT2D eigenvalue weighted by atomic mass is 10.0. The fourth-order valence-corrected chi connectivity index (χ4v) is 1.84. The van der Waals surface area contributed by atoms with E-state index in [1.807, 2.05) is 6.20 Å². The zero-order valence-corrected chi connectivity index (χ0v) is 9.53. The molecule has 3 nitrogen and oxygen atoms in total. The predicted octanol–water partition coefficient (Wildman–Crippen LogP) is 2.32. The predicted molar refractivity (Wildman–Crippen MR) is 60.4 cm³/mol. The third-order valence-electron chi connectivity index (χ3n) is 3.52. The van der Waals surface area contributed by atoms with Gasteiger partial charge in [0, 0.05) is 31.2 Å². The molecule has 0 spiro atoms. The maximum atomic E-state index is 4.30. The van der Waals surface area contributed by atoms with Gasteiger partial charge in [-0.3, -0.25) is 9.97 Å². The maximum Gasteiger partial charge on any atom is 0.0753 e. The molecule has 3 heteroatoms. The van der Waals surface area contributed by atoms with E-state index in [4.69, 9.17) is 0 Å². The summed E-state index contributed by atoms with van der Waals surface area (Å²) in [6, 6.07) is 0.308. The maximum absolute atomic E-state index is 4.30. The highest BCUT2D eigenvalue weighted by Gasteiger charge is 2.40. The highest BCUT2D eigenvalue weighted by Crippen LogP contribution is 2.48. The van der Waals surface area contributed by atoms with Crippen LogP contribution < -0.4 is 5.32 Å². The molecule has 82 valence electrons. The second-order valence-electron chi connectivity index (χ2n) is 4.59. The summed E-state index contributed by atoms with van der Waals surface area (Å²) in [4.78, 5) is 8.38. The van der Waals surface area contributed by atoms with Gasteiger partial charge in [-0.25, -0.2) is 0 Å². The van der Waals surface area contributed by atoms with Crippen LogP contribution in [-0.2, 0) is 0 Å². The molecular weight excluding hydrogens is 186 g/mol. The molecule has 1 aliphatic rings. The number of rotatable bonds is 5. The fourth-order valence-electron chi connectivity index (χ4n) is 1.84. The minimum absolute atomic E-state index is 0.308. The normalized spacial score (nSPS) is 19.9. The van der Waals surface area contributed by atoms with E-state index in [1.165, 1.54) is 19.3 Å². The third kappa shape index (κ3) is 2.53. The summed E-state index contributed by atoms with van der Waals surface area (Å²) in [7, 11) is 0. The topological polar surface area (TPSA) is 37.8 Å². The van der Waals surface area contributed by atoms with Crippen molar-refractivity contribution in [1.82, 2.24) is 15.3 Å². The molecule has 1 aromatic heterocycles. The average molecular weight is 205 g/mol. The summed E-state index contributed by atoms with van der Waals surface area (Å²) in [6.07, 6.45) is 9.34. The monoisotopic (exact) mass is 205 g/mol. The van der Waals surface area contributed by atoms with Crippen LogP contribution in [0.3, 0.4) is 0 Å². The molecule has 2 rings (SSSR count). The summed E-state index contributed by atoms with van der Waals surface area (Å²) >= 11 is 0. The van der Waals surface area contributed by atoms with Crippen molar-refractivity contribution in [2.45, 2.75) is 39.2 Å². The Labute approximate surface area is 91.3 Å². The zero-order chi connectivity index (χ0) is 10.7. The van der Waals surface area contributed by atoms with Crippen LogP contribution in [-0.4, -0.2) is 16.5 Å². The van der Waals surface area contributed by atoms with Gasteiger partial charge in [0.15, 0.2) is 0 Å². The minimum Gasteiger partial charge on any atom is -0.308 e. The van der Waals surface area contributed by atoms with E-state index in [-0.39, 0.29) is 0 Å². The second-order valence-corrected chi connectivity index (χ2v) is 4.59. The van der Waals surface area contributed by atoms with Crippen molar-refractivity contribution in [1.29, 1.82) is 0 Å². The number of hydrogen-bond acceptors (Lipinski definition) is 3. The summed E-state index contributed by atoms with van der Waals surface area (Å²) in [5.74, 6) is 0. The van der Waals surface area contributed by atoms with Crippen LogP contribution >= 0.6 is 0 Å². The van der Waals surface area contributed by atoms with E-state index < -0.39 is 0 Å². The average Bonchev–Trinajstić information content (AvgIpc) is 3.08. The molecule has 0 saturated heterocycles. The summed E-state index contributed by atoms with van der Waals surface area (Å²) in [5.41, 5.74) is 1.63. The number of hydrogen-bond donors (Lipinski definition) is 1. The zero-order valence-electron chi connectivity index (χ0n) is 9.53. The van der Waals surface area contributed by atoms with Crippen molar-refractivity contribution in [3.05, 3.63) is 24.3 Å². The summed E-state index contributed by atoms with van der Waals surface area (Å²) < 4.78 is 0. The Hall–Kier alpha value is -0.960. The Kier molecular flexibility index (Phi) is 3.00. The fraction of sp³-hybridized carbons (Fsp3) is 0.667. The van der Waals surface area contributed by atoms with Crippen molar-refractivity contribution in [3.8, 4) is 0 Å². The third-order valence-corrected chi connectivity index (χ3v) is 3.52. The largest absolute Gasteiger partial charge is 0.308 e. The Bertz CT molecular complexity index is 306. The van der Waals surface area contributed by atoms with Crippen molar-refractivity contribution in [2.24, 2.45) is 5.41 Å². The molecular formula is C12H19N3. The van der Waals surface area contributed by atoms with Gasteiger partial charge in [-0.05, 0) is 31.6 Å². The molecule has 0 aromatic carbocycles. The first kappa shape index (κ1) is 10.6. The molecule has 0 radical (unpaired) electrons. The first-order chi connectivity index (χ1) is 7.26. The molecule has 1 atom stereocenters. The summed E-state index contributed by atoms with van der Waals surface area (Å²) in [5, 5.41) is 3.55. The van der Waals surface area contributed by atoms with E-state index in [9.17, 15) is 0 Å². The minimum atomic E-state index is 0.308. The van der Waals surface area contributed by atoms with E-state index in [1.54, 1.807) is 12.4 Å². The lowest BCUT2D eigenvalue weighted by Gasteiger charge is -2.18. The van der Waals surface area contributed by atoms with Crippen molar-refractivity contribution in [3.63, 3.8) is 0 Å². The van der Waals surface area contributed by atoms with Gasteiger partial charge in [0.2, 0.25) is 0 Å². The van der Waals surface area contributed by atoms with Crippen LogP contribution in [0.25, 0.3) is 0 Å². The number of nitrogens with one attached hydrogen (secondary N) is 1. The van der Waals surface area contributed by atoms with Crippen molar-refractivity contribution < 1.29 is 0 Å². The quantitative estimate of drug-likeness (QED) is 0.801. The Balaban J connectivity index is 1.85. The van der Waals surface area contributed by atoms with Gasteiger partial charge in [-0.2, -0.15) is 0 Å². The molecule has 15 heavy (non-hydrogen) atoms. The van der Waals surface area contributed by atoms with Gasteiger partial charge in [0.1, 0.15) is 0 Å². The Morgan fingerprint density at radius 3 is 2.80 bits per heavy atom. The molecule has 0 bridgehead atoms. The molecule has 0 aliphatic heterocycles. The molecule has 1 aromatic rings. The van der Waals surface area contributed by atoms with Gasteiger partial charge >= 0.3 is 0 Å². The smallest absolute Gasteiger partial charge is 0.0753 e. The van der Waals surface area contributed by atoms with E-state index in [0.717, 1.165) is 12.2 Å². The molecule has 1 unspecified atom stereocenters. The van der Waals surface area contributed by atoms with Crippen LogP contribution in [0.4, 0.5) is 0 Å². The Morgan fingerprint density at radius 1 is 1.47 bits per heavy atom. The second kappa shape index (κ2) is 4.27. The lowest BCUT2D eigenvalue weighted by Crippen LogP contribution is -2.27. The van der Waals surface area contributed by atoms with Crippen molar-refractivity contribution >= 4 is 0 Å². The van der Waals surface area contributed by atoms with E-state index in [0.29, 0.717) is 11.5 Å². The van der Waals surface area contributed by atoms with Crippen LogP contribution in [0, 0.1) is 5.41 Å². The van der Waals surface area contributed by atoms with Crippen LogP contribution in [0.15, 0.2) is 18.6 Å². The first-order valence-electron chi connectivity index (χ1n) is 5.75. The highest BCUT2D eigenvalue weighted by molar-refractivity contribution is 5.02.